The molecule has 0 atom stereocenters. The van der Waals surface area contributed by atoms with Gasteiger partial charge in [-0.05, 0) is 32.3 Å². The van der Waals surface area contributed by atoms with Gasteiger partial charge in [0, 0.05) is 17.8 Å². The number of carbonyl (C=O) groups excluding carboxylic acids is 3. The van der Waals surface area contributed by atoms with E-state index in [1.807, 2.05) is 13.8 Å². The smallest absolute Gasteiger partial charge is 0.251 e. The van der Waals surface area contributed by atoms with Crippen LogP contribution in [0.1, 0.15) is 59.8 Å². The van der Waals surface area contributed by atoms with Crippen molar-refractivity contribution in [2.45, 2.75) is 58.9 Å². The van der Waals surface area contributed by atoms with Crippen LogP contribution in [-0.4, -0.2) is 35.2 Å². The van der Waals surface area contributed by atoms with Crippen LogP contribution in [0.2, 0.25) is 0 Å². The number of carbonyl (C=O) groups is 3. The molecule has 0 saturated heterocycles. The molecule has 2 rings (SSSR count). The van der Waals surface area contributed by atoms with Crippen LogP contribution in [0.25, 0.3) is 0 Å². The average Bonchev–Trinajstić information content (AvgIpc) is 2.79. The molecule has 1 aromatic heterocycles. The standard InChI is InChI=1S/C17H25N3O3S/c1-10-11(2)24-17(15(10)16(18)23)19-14(22)9-20(12(3)21)13-7-5-4-6-8-13/h13H,4-9H2,1-3H3,(H2,18,23)(H,19,22). The van der Waals surface area contributed by atoms with Crippen molar-refractivity contribution < 1.29 is 14.4 Å². The van der Waals surface area contributed by atoms with Crippen LogP contribution in [0.5, 0.6) is 0 Å². The second-order valence-electron chi connectivity index (χ2n) is 6.34. The fourth-order valence-electron chi connectivity index (χ4n) is 3.22. The number of primary amides is 1. The molecule has 0 unspecified atom stereocenters. The van der Waals surface area contributed by atoms with Gasteiger partial charge in [0.2, 0.25) is 11.8 Å². The third kappa shape index (κ3) is 4.14. The van der Waals surface area contributed by atoms with E-state index in [-0.39, 0.29) is 24.4 Å². The predicted octanol–water partition coefficient (Wildman–Crippen LogP) is 2.58. The normalized spacial score (nSPS) is 15.1. The number of nitrogens with two attached hydrogens (primary N) is 1. The molecule has 3 amide bonds. The van der Waals surface area contributed by atoms with Gasteiger partial charge in [-0.25, -0.2) is 0 Å². The van der Waals surface area contributed by atoms with E-state index in [0.29, 0.717) is 10.6 Å². The molecule has 0 bridgehead atoms. The Kier molecular flexibility index (Phi) is 5.99. The molecule has 1 saturated carbocycles. The third-order valence-electron chi connectivity index (χ3n) is 4.62. The van der Waals surface area contributed by atoms with E-state index in [9.17, 15) is 14.4 Å². The van der Waals surface area contributed by atoms with E-state index in [2.05, 4.69) is 5.32 Å². The van der Waals surface area contributed by atoms with Crippen LogP contribution in [-0.2, 0) is 9.59 Å². The van der Waals surface area contributed by atoms with Gasteiger partial charge < -0.3 is 16.0 Å². The molecule has 0 aromatic carbocycles. The summed E-state index contributed by atoms with van der Waals surface area (Å²) in [7, 11) is 0. The van der Waals surface area contributed by atoms with Gasteiger partial charge in [0.1, 0.15) is 11.5 Å². The summed E-state index contributed by atoms with van der Waals surface area (Å²) < 4.78 is 0. The van der Waals surface area contributed by atoms with Gasteiger partial charge >= 0.3 is 0 Å². The Bertz CT molecular complexity index is 648. The second kappa shape index (κ2) is 7.79. The van der Waals surface area contributed by atoms with Crippen molar-refractivity contribution in [2.75, 3.05) is 11.9 Å². The molecule has 1 aromatic rings. The summed E-state index contributed by atoms with van der Waals surface area (Å²) >= 11 is 1.33. The Morgan fingerprint density at radius 3 is 2.38 bits per heavy atom. The minimum atomic E-state index is -0.553. The zero-order valence-electron chi connectivity index (χ0n) is 14.5. The van der Waals surface area contributed by atoms with Crippen molar-refractivity contribution in [1.82, 2.24) is 4.90 Å². The molecular weight excluding hydrogens is 326 g/mol. The lowest BCUT2D eigenvalue weighted by molar-refractivity contribution is -0.135. The van der Waals surface area contributed by atoms with E-state index in [1.54, 1.807) is 4.90 Å². The lowest BCUT2D eigenvalue weighted by Crippen LogP contribution is -2.44. The summed E-state index contributed by atoms with van der Waals surface area (Å²) in [6.45, 7) is 5.20. The maximum atomic E-state index is 12.4. The molecule has 24 heavy (non-hydrogen) atoms. The number of anilines is 1. The molecule has 7 heteroatoms. The molecule has 1 aliphatic rings. The predicted molar refractivity (Wildman–Crippen MR) is 95.2 cm³/mol. The van der Waals surface area contributed by atoms with Crippen LogP contribution < -0.4 is 11.1 Å². The number of rotatable bonds is 5. The van der Waals surface area contributed by atoms with Gasteiger partial charge in [0.15, 0.2) is 0 Å². The lowest BCUT2D eigenvalue weighted by Gasteiger charge is -2.33. The first-order chi connectivity index (χ1) is 11.3. The minimum absolute atomic E-state index is 0.00813. The van der Waals surface area contributed by atoms with E-state index in [1.165, 1.54) is 24.7 Å². The molecule has 1 heterocycles. The maximum absolute atomic E-state index is 12.4. The molecule has 0 aliphatic heterocycles. The van der Waals surface area contributed by atoms with Crippen LogP contribution in [0.15, 0.2) is 0 Å². The monoisotopic (exact) mass is 351 g/mol. The molecule has 1 aliphatic carbocycles. The largest absolute Gasteiger partial charge is 0.365 e. The highest BCUT2D eigenvalue weighted by atomic mass is 32.1. The highest BCUT2D eigenvalue weighted by Gasteiger charge is 2.26. The van der Waals surface area contributed by atoms with E-state index in [4.69, 9.17) is 5.73 Å². The summed E-state index contributed by atoms with van der Waals surface area (Å²) in [6, 6.07) is 0.129. The van der Waals surface area contributed by atoms with E-state index < -0.39 is 5.91 Å². The Hall–Kier alpha value is -1.89. The van der Waals surface area contributed by atoms with Crippen molar-refractivity contribution in [2.24, 2.45) is 5.73 Å². The number of thiophene rings is 1. The van der Waals surface area contributed by atoms with Crippen molar-refractivity contribution in [3.63, 3.8) is 0 Å². The minimum Gasteiger partial charge on any atom is -0.365 e. The third-order valence-corrected chi connectivity index (χ3v) is 5.74. The number of nitrogens with zero attached hydrogens (tertiary/aromatic N) is 1. The molecule has 0 radical (unpaired) electrons. The summed E-state index contributed by atoms with van der Waals surface area (Å²) in [5.41, 5.74) is 6.57. The number of aryl methyl sites for hydroxylation is 1. The molecule has 132 valence electrons. The highest BCUT2D eigenvalue weighted by molar-refractivity contribution is 7.16. The zero-order valence-corrected chi connectivity index (χ0v) is 15.3. The first-order valence-electron chi connectivity index (χ1n) is 8.28. The zero-order chi connectivity index (χ0) is 17.9. The van der Waals surface area contributed by atoms with Gasteiger partial charge in [0.05, 0.1) is 5.56 Å². The SMILES string of the molecule is CC(=O)N(CC(=O)Nc1sc(C)c(C)c1C(N)=O)C1CCCCC1. The summed E-state index contributed by atoms with van der Waals surface area (Å²) in [5.74, 6) is -0.937. The van der Waals surface area contributed by atoms with Gasteiger partial charge in [-0.15, -0.1) is 11.3 Å². The molecule has 6 nitrogen and oxygen atoms in total. The van der Waals surface area contributed by atoms with Crippen molar-refractivity contribution >= 4 is 34.1 Å². The van der Waals surface area contributed by atoms with Crippen LogP contribution in [0.3, 0.4) is 0 Å². The fraction of sp³-hybridized carbons (Fsp3) is 0.588. The molecule has 0 spiro atoms. The highest BCUT2D eigenvalue weighted by Crippen LogP contribution is 2.32. The van der Waals surface area contributed by atoms with Crippen molar-refractivity contribution in [3.05, 3.63) is 16.0 Å². The Labute approximate surface area is 146 Å². The van der Waals surface area contributed by atoms with Gasteiger partial charge in [-0.2, -0.15) is 0 Å². The fourth-order valence-corrected chi connectivity index (χ4v) is 4.30. The van der Waals surface area contributed by atoms with Crippen LogP contribution >= 0.6 is 11.3 Å². The number of amides is 3. The molecular formula is C17H25N3O3S. The van der Waals surface area contributed by atoms with E-state index in [0.717, 1.165) is 36.1 Å². The van der Waals surface area contributed by atoms with Gasteiger partial charge in [-0.3, -0.25) is 14.4 Å². The summed E-state index contributed by atoms with van der Waals surface area (Å²) in [4.78, 5) is 38.6. The average molecular weight is 351 g/mol. The molecule has 3 N–H and O–H groups in total. The van der Waals surface area contributed by atoms with Gasteiger partial charge in [-0.1, -0.05) is 19.3 Å². The summed E-state index contributed by atoms with van der Waals surface area (Å²) in [6.07, 6.45) is 5.24. The van der Waals surface area contributed by atoms with Crippen molar-refractivity contribution in [3.8, 4) is 0 Å². The first kappa shape index (κ1) is 18.4. The topological polar surface area (TPSA) is 92.5 Å². The maximum Gasteiger partial charge on any atom is 0.251 e. The second-order valence-corrected chi connectivity index (χ2v) is 7.56. The summed E-state index contributed by atoms with van der Waals surface area (Å²) in [5, 5.41) is 3.23. The van der Waals surface area contributed by atoms with E-state index >= 15 is 0 Å². The Balaban J connectivity index is 2.10. The number of hydrogen-bond acceptors (Lipinski definition) is 4. The Morgan fingerprint density at radius 2 is 1.83 bits per heavy atom. The number of nitrogens with one attached hydrogen (secondary N) is 1. The molecule has 1 fully saturated rings. The van der Waals surface area contributed by atoms with Gasteiger partial charge in [0.25, 0.3) is 5.91 Å². The quantitative estimate of drug-likeness (QED) is 0.854. The van der Waals surface area contributed by atoms with Crippen LogP contribution in [0, 0.1) is 13.8 Å². The van der Waals surface area contributed by atoms with Crippen LogP contribution in [0.4, 0.5) is 5.00 Å². The lowest BCUT2D eigenvalue weighted by atomic mass is 9.94. The Morgan fingerprint density at radius 1 is 1.21 bits per heavy atom. The first-order valence-corrected chi connectivity index (χ1v) is 9.09. The number of hydrogen-bond donors (Lipinski definition) is 2. The van der Waals surface area contributed by atoms with Crippen molar-refractivity contribution in [1.29, 1.82) is 0 Å².